The normalized spacial score (nSPS) is 14.7. The van der Waals surface area contributed by atoms with E-state index in [0.717, 1.165) is 31.1 Å². The van der Waals surface area contributed by atoms with Gasteiger partial charge in [0.05, 0.1) is 0 Å². The molecule has 1 aliphatic heterocycles. The van der Waals surface area contributed by atoms with Gasteiger partial charge in [-0.1, -0.05) is 17.7 Å². The molecular weight excluding hydrogens is 380 g/mol. The molecule has 0 N–H and O–H groups in total. The second kappa shape index (κ2) is 8.18. The number of aryl methyl sites for hydroxylation is 1. The fourth-order valence-corrected chi connectivity index (χ4v) is 3.71. The Morgan fingerprint density at radius 1 is 1.04 bits per heavy atom. The van der Waals surface area contributed by atoms with Gasteiger partial charge < -0.3 is 9.32 Å². The van der Waals surface area contributed by atoms with Crippen LogP contribution in [0.25, 0.3) is 0 Å². The number of furan rings is 1. The van der Waals surface area contributed by atoms with E-state index >= 15 is 0 Å². The Kier molecular flexibility index (Phi) is 5.88. The number of rotatable bonds is 5. The largest absolute Gasteiger partial charge is 0.440 e. The van der Waals surface area contributed by atoms with Gasteiger partial charge >= 0.3 is 0 Å². The number of hydrogen-bond donors (Lipinski definition) is 0. The molecule has 0 saturated carbocycles. The van der Waals surface area contributed by atoms with Gasteiger partial charge in [-0.15, -0.1) is 0 Å². The SMILES string of the molecule is Cc1ccc(N(CC(=O)N2CCCCC2)C(=O)c2ccc(S(C)(=O)=O)o2)cc1. The number of piperidine rings is 1. The van der Waals surface area contributed by atoms with Gasteiger partial charge in [0.1, 0.15) is 6.54 Å². The van der Waals surface area contributed by atoms with Crippen LogP contribution in [-0.2, 0) is 14.6 Å². The van der Waals surface area contributed by atoms with E-state index in [9.17, 15) is 18.0 Å². The molecule has 1 saturated heterocycles. The summed E-state index contributed by atoms with van der Waals surface area (Å²) in [4.78, 5) is 28.9. The Bertz CT molecular complexity index is 957. The van der Waals surface area contributed by atoms with Gasteiger partial charge in [0, 0.05) is 25.0 Å². The molecule has 0 bridgehead atoms. The summed E-state index contributed by atoms with van der Waals surface area (Å²) >= 11 is 0. The lowest BCUT2D eigenvalue weighted by molar-refractivity contribution is -0.130. The quantitative estimate of drug-likeness (QED) is 0.764. The van der Waals surface area contributed by atoms with Crippen molar-refractivity contribution in [2.24, 2.45) is 0 Å². The highest BCUT2D eigenvalue weighted by atomic mass is 32.2. The summed E-state index contributed by atoms with van der Waals surface area (Å²) in [6, 6.07) is 9.80. The third-order valence-corrected chi connectivity index (χ3v) is 5.70. The number of nitrogens with zero attached hydrogens (tertiary/aromatic N) is 2. The first-order valence-corrected chi connectivity index (χ1v) is 11.1. The molecule has 2 amide bonds. The van der Waals surface area contributed by atoms with E-state index < -0.39 is 15.7 Å². The van der Waals surface area contributed by atoms with Gasteiger partial charge in [0.25, 0.3) is 5.91 Å². The molecule has 1 aromatic heterocycles. The van der Waals surface area contributed by atoms with Crippen LogP contribution in [0.15, 0.2) is 45.9 Å². The van der Waals surface area contributed by atoms with E-state index in [1.165, 1.54) is 17.0 Å². The highest BCUT2D eigenvalue weighted by Crippen LogP contribution is 2.22. The number of likely N-dealkylation sites (tertiary alicyclic amines) is 1. The zero-order chi connectivity index (χ0) is 20.3. The van der Waals surface area contributed by atoms with Crippen LogP contribution in [0.3, 0.4) is 0 Å². The van der Waals surface area contributed by atoms with Crippen molar-refractivity contribution in [1.82, 2.24) is 4.90 Å². The minimum Gasteiger partial charge on any atom is -0.440 e. The average molecular weight is 404 g/mol. The van der Waals surface area contributed by atoms with Gasteiger partial charge in [-0.25, -0.2) is 8.42 Å². The summed E-state index contributed by atoms with van der Waals surface area (Å²) in [5.41, 5.74) is 1.58. The maximum absolute atomic E-state index is 13.1. The lowest BCUT2D eigenvalue weighted by atomic mass is 10.1. The van der Waals surface area contributed by atoms with Crippen LogP contribution < -0.4 is 4.90 Å². The van der Waals surface area contributed by atoms with E-state index in [4.69, 9.17) is 4.42 Å². The standard InChI is InChI=1S/C20H24N2O5S/c1-15-6-8-16(9-7-15)22(14-18(23)21-12-4-3-5-13-21)20(24)17-10-11-19(27-17)28(2,25)26/h6-11H,3-5,12-14H2,1-2H3. The molecule has 2 heterocycles. The van der Waals surface area contributed by atoms with Gasteiger partial charge in [-0.2, -0.15) is 0 Å². The molecule has 8 heteroatoms. The van der Waals surface area contributed by atoms with Crippen LogP contribution >= 0.6 is 0 Å². The Balaban J connectivity index is 1.89. The van der Waals surface area contributed by atoms with Crippen LogP contribution in [-0.4, -0.2) is 51.0 Å². The molecule has 150 valence electrons. The van der Waals surface area contributed by atoms with Crippen molar-refractivity contribution in [2.75, 3.05) is 30.8 Å². The molecule has 3 rings (SSSR count). The van der Waals surface area contributed by atoms with Gasteiger partial charge in [-0.3, -0.25) is 14.5 Å². The Morgan fingerprint density at radius 3 is 2.25 bits per heavy atom. The number of benzene rings is 1. The van der Waals surface area contributed by atoms with E-state index in [2.05, 4.69) is 0 Å². The number of anilines is 1. The number of carbonyl (C=O) groups excluding carboxylic acids is 2. The third kappa shape index (κ3) is 4.62. The number of hydrogen-bond acceptors (Lipinski definition) is 5. The monoisotopic (exact) mass is 404 g/mol. The molecular formula is C20H24N2O5S. The Hall–Kier alpha value is -2.61. The predicted octanol–water partition coefficient (Wildman–Crippen LogP) is 2.65. The zero-order valence-electron chi connectivity index (χ0n) is 16.1. The van der Waals surface area contributed by atoms with E-state index in [-0.39, 0.29) is 23.3 Å². The van der Waals surface area contributed by atoms with Crippen molar-refractivity contribution in [2.45, 2.75) is 31.3 Å². The predicted molar refractivity (Wildman–Crippen MR) is 105 cm³/mol. The lowest BCUT2D eigenvalue weighted by Crippen LogP contribution is -2.44. The number of carbonyl (C=O) groups is 2. The molecule has 28 heavy (non-hydrogen) atoms. The molecule has 0 spiro atoms. The lowest BCUT2D eigenvalue weighted by Gasteiger charge is -2.30. The maximum Gasteiger partial charge on any atom is 0.294 e. The van der Waals surface area contributed by atoms with Gasteiger partial charge in [-0.05, 0) is 50.5 Å². The second-order valence-electron chi connectivity index (χ2n) is 7.06. The first-order chi connectivity index (χ1) is 13.3. The van der Waals surface area contributed by atoms with Crippen LogP contribution in [0.5, 0.6) is 0 Å². The molecule has 0 atom stereocenters. The topological polar surface area (TPSA) is 87.9 Å². The number of sulfone groups is 1. The molecule has 0 radical (unpaired) electrons. The molecule has 0 unspecified atom stereocenters. The molecule has 2 aromatic rings. The van der Waals surface area contributed by atoms with Crippen molar-refractivity contribution < 1.29 is 22.4 Å². The van der Waals surface area contributed by atoms with Gasteiger partial charge in [0.2, 0.25) is 20.8 Å². The van der Waals surface area contributed by atoms with Crippen LogP contribution in [0.4, 0.5) is 5.69 Å². The average Bonchev–Trinajstić information content (AvgIpc) is 3.18. The van der Waals surface area contributed by atoms with Crippen molar-refractivity contribution in [3.05, 3.63) is 47.7 Å². The summed E-state index contributed by atoms with van der Waals surface area (Å²) in [5.74, 6) is -0.805. The summed E-state index contributed by atoms with van der Waals surface area (Å²) in [7, 11) is -3.56. The first kappa shape index (κ1) is 20.1. The highest BCUT2D eigenvalue weighted by Gasteiger charge is 2.27. The molecule has 0 aliphatic carbocycles. The van der Waals surface area contributed by atoms with Gasteiger partial charge in [0.15, 0.2) is 5.76 Å². The third-order valence-electron chi connectivity index (χ3n) is 4.75. The summed E-state index contributed by atoms with van der Waals surface area (Å²) in [5, 5.41) is -0.276. The fraction of sp³-hybridized carbons (Fsp3) is 0.400. The minimum absolute atomic E-state index is 0.118. The van der Waals surface area contributed by atoms with Crippen LogP contribution in [0.1, 0.15) is 35.4 Å². The van der Waals surface area contributed by atoms with Crippen LogP contribution in [0, 0.1) is 6.92 Å². The van der Waals surface area contributed by atoms with Crippen molar-refractivity contribution in [3.63, 3.8) is 0 Å². The molecule has 7 nitrogen and oxygen atoms in total. The van der Waals surface area contributed by atoms with Crippen molar-refractivity contribution in [3.8, 4) is 0 Å². The minimum atomic E-state index is -3.56. The van der Waals surface area contributed by atoms with Crippen molar-refractivity contribution in [1.29, 1.82) is 0 Å². The summed E-state index contributed by atoms with van der Waals surface area (Å²) in [6.45, 7) is 3.18. The first-order valence-electron chi connectivity index (χ1n) is 9.22. The Morgan fingerprint density at radius 2 is 1.68 bits per heavy atom. The van der Waals surface area contributed by atoms with E-state index in [0.29, 0.717) is 18.8 Å². The van der Waals surface area contributed by atoms with E-state index in [1.807, 2.05) is 19.1 Å². The zero-order valence-corrected chi connectivity index (χ0v) is 16.9. The molecule has 1 aliphatic rings. The van der Waals surface area contributed by atoms with E-state index in [1.54, 1.807) is 17.0 Å². The summed E-state index contributed by atoms with van der Waals surface area (Å²) < 4.78 is 28.6. The maximum atomic E-state index is 13.1. The second-order valence-corrected chi connectivity index (χ2v) is 9.01. The smallest absolute Gasteiger partial charge is 0.294 e. The van der Waals surface area contributed by atoms with Crippen LogP contribution in [0.2, 0.25) is 0 Å². The molecule has 1 aromatic carbocycles. The number of amides is 2. The Labute approximate surface area is 164 Å². The highest BCUT2D eigenvalue weighted by molar-refractivity contribution is 7.90. The van der Waals surface area contributed by atoms with Crippen molar-refractivity contribution >= 4 is 27.3 Å². The fourth-order valence-electron chi connectivity index (χ4n) is 3.15. The molecule has 1 fully saturated rings. The summed E-state index contributed by atoms with van der Waals surface area (Å²) in [6.07, 6.45) is 4.03.